The molecule has 3 aromatic carbocycles. The fourth-order valence-electron chi connectivity index (χ4n) is 2.83. The van der Waals surface area contributed by atoms with Gasteiger partial charge in [-0.25, -0.2) is 17.2 Å². The molecule has 0 radical (unpaired) electrons. The van der Waals surface area contributed by atoms with Crippen LogP contribution in [0.1, 0.15) is 24.1 Å². The van der Waals surface area contributed by atoms with Crippen LogP contribution in [0.4, 0.5) is 14.5 Å². The molecular weight excluding hydrogens is 410 g/mol. The highest BCUT2D eigenvalue weighted by Gasteiger charge is 2.15. The Morgan fingerprint density at radius 3 is 1.97 bits per heavy atom. The molecule has 0 aliphatic heterocycles. The van der Waals surface area contributed by atoms with E-state index in [0.717, 1.165) is 17.7 Å². The van der Waals surface area contributed by atoms with E-state index in [9.17, 15) is 22.0 Å². The van der Waals surface area contributed by atoms with Crippen LogP contribution >= 0.6 is 0 Å². The van der Waals surface area contributed by atoms with Crippen LogP contribution in [-0.4, -0.2) is 14.3 Å². The molecule has 30 heavy (non-hydrogen) atoms. The summed E-state index contributed by atoms with van der Waals surface area (Å²) >= 11 is 0. The number of carbonyl (C=O) groups is 1. The van der Waals surface area contributed by atoms with Gasteiger partial charge in [0.05, 0.1) is 17.4 Å². The first-order chi connectivity index (χ1) is 14.2. The highest BCUT2D eigenvalue weighted by molar-refractivity contribution is 7.92. The summed E-state index contributed by atoms with van der Waals surface area (Å²) < 4.78 is 53.1. The lowest BCUT2D eigenvalue weighted by molar-refractivity contribution is -0.121. The Morgan fingerprint density at radius 1 is 0.867 bits per heavy atom. The van der Waals surface area contributed by atoms with Gasteiger partial charge in [0.1, 0.15) is 11.6 Å². The van der Waals surface area contributed by atoms with Gasteiger partial charge in [0.15, 0.2) is 0 Å². The largest absolute Gasteiger partial charge is 0.349 e. The molecule has 0 bridgehead atoms. The van der Waals surface area contributed by atoms with E-state index in [1.165, 1.54) is 24.3 Å². The molecule has 0 aliphatic carbocycles. The molecule has 0 spiro atoms. The van der Waals surface area contributed by atoms with Crippen molar-refractivity contribution in [2.45, 2.75) is 24.3 Å². The van der Waals surface area contributed by atoms with Gasteiger partial charge in [-0.3, -0.25) is 9.52 Å². The van der Waals surface area contributed by atoms with Gasteiger partial charge in [-0.05, 0) is 66.6 Å². The van der Waals surface area contributed by atoms with Crippen LogP contribution in [0.5, 0.6) is 0 Å². The van der Waals surface area contributed by atoms with Gasteiger partial charge in [0, 0.05) is 5.69 Å². The molecule has 5 nitrogen and oxygen atoms in total. The Morgan fingerprint density at radius 2 is 1.40 bits per heavy atom. The number of rotatable bonds is 7. The third kappa shape index (κ3) is 5.64. The molecule has 0 aromatic heterocycles. The molecule has 0 saturated carbocycles. The Kier molecular flexibility index (Phi) is 6.47. The fourth-order valence-corrected chi connectivity index (χ4v) is 3.89. The van der Waals surface area contributed by atoms with Crippen LogP contribution in [0.15, 0.2) is 77.7 Å². The first kappa shape index (κ1) is 21.4. The quantitative estimate of drug-likeness (QED) is 0.590. The second kappa shape index (κ2) is 9.04. The maximum Gasteiger partial charge on any atom is 0.261 e. The average molecular weight is 430 g/mol. The van der Waals surface area contributed by atoms with Gasteiger partial charge < -0.3 is 5.32 Å². The zero-order valence-corrected chi connectivity index (χ0v) is 16.9. The van der Waals surface area contributed by atoms with Crippen LogP contribution in [0.3, 0.4) is 0 Å². The summed E-state index contributed by atoms with van der Waals surface area (Å²) in [5.41, 5.74) is 1.81. The highest BCUT2D eigenvalue weighted by atomic mass is 32.2. The van der Waals surface area contributed by atoms with Crippen molar-refractivity contribution in [2.75, 3.05) is 4.72 Å². The number of halogens is 2. The second-order valence-electron chi connectivity index (χ2n) is 6.77. The first-order valence-electron chi connectivity index (χ1n) is 9.15. The standard InChI is InChI=1S/C22H20F2N2O3S/c1-15(17-4-6-18(23)7-5-17)25-22(27)14-16-2-10-20(11-3-16)26-30(28,29)21-12-8-19(24)9-13-21/h2-13,15,26H,14H2,1H3,(H,25,27). The van der Waals surface area contributed by atoms with Crippen LogP contribution in [0, 0.1) is 11.6 Å². The Balaban J connectivity index is 1.59. The number of hydrogen-bond donors (Lipinski definition) is 2. The van der Waals surface area contributed by atoms with E-state index in [1.54, 1.807) is 43.3 Å². The Labute approximate surface area is 173 Å². The van der Waals surface area contributed by atoms with E-state index >= 15 is 0 Å². The molecule has 2 N–H and O–H groups in total. The fraction of sp³-hybridized carbons (Fsp3) is 0.136. The van der Waals surface area contributed by atoms with Crippen molar-refractivity contribution in [3.05, 3.63) is 95.6 Å². The van der Waals surface area contributed by atoms with Gasteiger partial charge >= 0.3 is 0 Å². The van der Waals surface area contributed by atoms with E-state index in [4.69, 9.17) is 0 Å². The van der Waals surface area contributed by atoms with Crippen LogP contribution in [0.2, 0.25) is 0 Å². The van der Waals surface area contributed by atoms with Gasteiger partial charge in [-0.15, -0.1) is 0 Å². The molecule has 8 heteroatoms. The molecule has 1 unspecified atom stereocenters. The summed E-state index contributed by atoms with van der Waals surface area (Å²) in [6, 6.07) is 16.5. The summed E-state index contributed by atoms with van der Waals surface area (Å²) in [6.07, 6.45) is 0.108. The summed E-state index contributed by atoms with van der Waals surface area (Å²) in [7, 11) is -3.84. The van der Waals surface area contributed by atoms with Crippen molar-refractivity contribution in [1.82, 2.24) is 5.32 Å². The van der Waals surface area contributed by atoms with Crippen molar-refractivity contribution in [3.8, 4) is 0 Å². The monoisotopic (exact) mass is 430 g/mol. The number of benzene rings is 3. The lowest BCUT2D eigenvalue weighted by Crippen LogP contribution is -2.28. The summed E-state index contributed by atoms with van der Waals surface area (Å²) in [5, 5.41) is 2.84. The van der Waals surface area contributed by atoms with Crippen LogP contribution in [0.25, 0.3) is 0 Å². The Bertz CT molecular complexity index is 1110. The van der Waals surface area contributed by atoms with Crippen molar-refractivity contribution >= 4 is 21.6 Å². The van der Waals surface area contributed by atoms with Crippen molar-refractivity contribution in [3.63, 3.8) is 0 Å². The minimum absolute atomic E-state index is 0.0536. The predicted octanol–water partition coefficient (Wildman–Crippen LogP) is 4.19. The van der Waals surface area contributed by atoms with Gasteiger partial charge in [-0.2, -0.15) is 0 Å². The van der Waals surface area contributed by atoms with E-state index < -0.39 is 15.8 Å². The molecule has 3 rings (SSSR count). The zero-order chi connectivity index (χ0) is 21.7. The smallest absolute Gasteiger partial charge is 0.261 e. The summed E-state index contributed by atoms with van der Waals surface area (Å²) in [5.74, 6) is -1.08. The van der Waals surface area contributed by atoms with E-state index in [-0.39, 0.29) is 29.1 Å². The average Bonchev–Trinajstić information content (AvgIpc) is 2.70. The first-order valence-corrected chi connectivity index (χ1v) is 10.6. The SMILES string of the molecule is CC(NC(=O)Cc1ccc(NS(=O)(=O)c2ccc(F)cc2)cc1)c1ccc(F)cc1. The number of nitrogens with one attached hydrogen (secondary N) is 2. The molecule has 1 amide bonds. The van der Waals surface area contributed by atoms with Gasteiger partial charge in [0.25, 0.3) is 10.0 Å². The number of anilines is 1. The van der Waals surface area contributed by atoms with Crippen molar-refractivity contribution < 1.29 is 22.0 Å². The number of sulfonamides is 1. The van der Waals surface area contributed by atoms with Crippen LogP contribution in [-0.2, 0) is 21.2 Å². The maximum absolute atomic E-state index is 13.0. The predicted molar refractivity (Wildman–Crippen MR) is 110 cm³/mol. The second-order valence-corrected chi connectivity index (χ2v) is 8.46. The molecule has 0 heterocycles. The molecule has 3 aromatic rings. The van der Waals surface area contributed by atoms with E-state index in [1.807, 2.05) is 0 Å². The summed E-state index contributed by atoms with van der Waals surface area (Å²) in [6.45, 7) is 1.80. The minimum Gasteiger partial charge on any atom is -0.349 e. The minimum atomic E-state index is -3.84. The highest BCUT2D eigenvalue weighted by Crippen LogP contribution is 2.18. The summed E-state index contributed by atoms with van der Waals surface area (Å²) in [4.78, 5) is 12.2. The number of hydrogen-bond acceptors (Lipinski definition) is 3. The molecular formula is C22H20F2N2O3S. The topological polar surface area (TPSA) is 75.3 Å². The van der Waals surface area contributed by atoms with E-state index in [2.05, 4.69) is 10.0 Å². The third-order valence-corrected chi connectivity index (χ3v) is 5.84. The lowest BCUT2D eigenvalue weighted by atomic mass is 10.1. The molecule has 0 fully saturated rings. The zero-order valence-electron chi connectivity index (χ0n) is 16.1. The number of amides is 1. The van der Waals surface area contributed by atoms with Gasteiger partial charge in [-0.1, -0.05) is 24.3 Å². The number of carbonyl (C=O) groups excluding carboxylic acids is 1. The third-order valence-electron chi connectivity index (χ3n) is 4.44. The normalized spacial score (nSPS) is 12.2. The van der Waals surface area contributed by atoms with Crippen LogP contribution < -0.4 is 10.0 Å². The van der Waals surface area contributed by atoms with Gasteiger partial charge in [0.2, 0.25) is 5.91 Å². The molecule has 1 atom stereocenters. The maximum atomic E-state index is 13.0. The lowest BCUT2D eigenvalue weighted by Gasteiger charge is -2.14. The van der Waals surface area contributed by atoms with Crippen molar-refractivity contribution in [1.29, 1.82) is 0 Å². The molecule has 156 valence electrons. The molecule has 0 aliphatic rings. The Hall–Kier alpha value is -3.26. The van der Waals surface area contributed by atoms with Crippen molar-refractivity contribution in [2.24, 2.45) is 0 Å². The van der Waals surface area contributed by atoms with E-state index in [0.29, 0.717) is 11.3 Å². The molecule has 0 saturated heterocycles.